The summed E-state index contributed by atoms with van der Waals surface area (Å²) >= 11 is 1.29. The van der Waals surface area contributed by atoms with E-state index in [1.807, 2.05) is 85.8 Å². The Bertz CT molecular complexity index is 1750. The van der Waals surface area contributed by atoms with Gasteiger partial charge in [0.15, 0.2) is 16.3 Å². The number of nitrogens with zero attached hydrogens (tertiary/aromatic N) is 2. The molecule has 1 aromatic heterocycles. The number of fused-ring (bicyclic) bond motifs is 2. The molecule has 0 saturated heterocycles. The molecule has 0 aliphatic carbocycles. The van der Waals surface area contributed by atoms with Crippen molar-refractivity contribution in [1.29, 1.82) is 0 Å². The predicted molar refractivity (Wildman–Crippen MR) is 145 cm³/mol. The monoisotopic (exact) mass is 524 g/mol. The molecule has 1 atom stereocenters. The highest BCUT2D eigenvalue weighted by molar-refractivity contribution is 7.07. The Morgan fingerprint density at radius 2 is 1.76 bits per heavy atom. The molecule has 0 saturated carbocycles. The van der Waals surface area contributed by atoms with E-state index in [1.54, 1.807) is 11.5 Å². The first-order chi connectivity index (χ1) is 18.5. The van der Waals surface area contributed by atoms with E-state index < -0.39 is 12.0 Å². The van der Waals surface area contributed by atoms with E-state index in [1.165, 1.54) is 11.3 Å². The van der Waals surface area contributed by atoms with Gasteiger partial charge in [-0.2, -0.15) is 0 Å². The van der Waals surface area contributed by atoms with E-state index in [9.17, 15) is 9.59 Å². The third kappa shape index (κ3) is 4.13. The van der Waals surface area contributed by atoms with Gasteiger partial charge in [0.1, 0.15) is 0 Å². The van der Waals surface area contributed by atoms with Crippen molar-refractivity contribution < 1.29 is 19.0 Å². The minimum Gasteiger partial charge on any atom is -0.463 e. The molecular weight excluding hydrogens is 500 g/mol. The first kappa shape index (κ1) is 23.9. The van der Waals surface area contributed by atoms with Gasteiger partial charge in [-0.1, -0.05) is 72.0 Å². The molecule has 6 rings (SSSR count). The summed E-state index contributed by atoms with van der Waals surface area (Å²) < 4.78 is 18.6. The maximum atomic E-state index is 14.0. The quantitative estimate of drug-likeness (QED) is 0.369. The van der Waals surface area contributed by atoms with Crippen LogP contribution in [0.25, 0.3) is 11.8 Å². The third-order valence-corrected chi connectivity index (χ3v) is 7.52. The van der Waals surface area contributed by atoms with Crippen LogP contribution in [0.2, 0.25) is 0 Å². The first-order valence-corrected chi connectivity index (χ1v) is 13.1. The molecule has 8 heteroatoms. The lowest BCUT2D eigenvalue weighted by Gasteiger charge is -2.25. The highest BCUT2D eigenvalue weighted by Gasteiger charge is 2.35. The van der Waals surface area contributed by atoms with E-state index in [0.29, 0.717) is 32.1 Å². The number of hydrogen-bond acceptors (Lipinski definition) is 7. The van der Waals surface area contributed by atoms with Gasteiger partial charge in [-0.3, -0.25) is 9.36 Å². The number of carbonyl (C=O) groups is 1. The Morgan fingerprint density at radius 1 is 1.08 bits per heavy atom. The topological polar surface area (TPSA) is 79.1 Å². The third-order valence-electron chi connectivity index (χ3n) is 6.54. The number of carbonyl (C=O) groups excluding carboxylic acids is 1. The summed E-state index contributed by atoms with van der Waals surface area (Å²) in [5, 5.41) is 0. The first-order valence-electron chi connectivity index (χ1n) is 12.3. The van der Waals surface area contributed by atoms with Crippen LogP contribution in [0.15, 0.2) is 88.2 Å². The van der Waals surface area contributed by atoms with E-state index in [2.05, 4.69) is 0 Å². The number of thiazole rings is 1. The smallest absolute Gasteiger partial charge is 0.338 e. The largest absolute Gasteiger partial charge is 0.463 e. The van der Waals surface area contributed by atoms with Crippen LogP contribution in [0.4, 0.5) is 0 Å². The maximum absolute atomic E-state index is 14.0. The Labute approximate surface area is 222 Å². The van der Waals surface area contributed by atoms with Crippen LogP contribution in [0.5, 0.6) is 11.5 Å². The van der Waals surface area contributed by atoms with Crippen LogP contribution in [0.3, 0.4) is 0 Å². The van der Waals surface area contributed by atoms with E-state index in [4.69, 9.17) is 19.2 Å². The van der Waals surface area contributed by atoms with Crippen molar-refractivity contribution in [2.24, 2.45) is 4.99 Å². The fraction of sp³-hybridized carbons (Fsp3) is 0.167. The predicted octanol–water partition coefficient (Wildman–Crippen LogP) is 3.97. The molecule has 0 bridgehead atoms. The summed E-state index contributed by atoms with van der Waals surface area (Å²) in [6.45, 7) is 4.11. The fourth-order valence-corrected chi connectivity index (χ4v) is 5.74. The molecule has 4 aromatic rings. The van der Waals surface area contributed by atoms with Crippen LogP contribution >= 0.6 is 11.3 Å². The van der Waals surface area contributed by atoms with E-state index in [0.717, 1.165) is 22.3 Å². The molecule has 0 amide bonds. The lowest BCUT2D eigenvalue weighted by molar-refractivity contribution is -0.138. The molecule has 38 heavy (non-hydrogen) atoms. The van der Waals surface area contributed by atoms with E-state index in [-0.39, 0.29) is 19.0 Å². The van der Waals surface area contributed by atoms with Gasteiger partial charge in [0, 0.05) is 5.56 Å². The Hall–Kier alpha value is -4.43. The van der Waals surface area contributed by atoms with E-state index >= 15 is 0 Å². The second-order valence-corrected chi connectivity index (χ2v) is 9.91. The average molecular weight is 525 g/mol. The molecule has 0 radical (unpaired) electrons. The zero-order valence-corrected chi connectivity index (χ0v) is 21.7. The number of ether oxygens (including phenoxy) is 3. The van der Waals surface area contributed by atoms with Crippen molar-refractivity contribution in [2.45, 2.75) is 19.9 Å². The van der Waals surface area contributed by atoms with Crippen molar-refractivity contribution in [3.8, 4) is 11.5 Å². The number of aromatic nitrogens is 1. The van der Waals surface area contributed by atoms with Crippen LogP contribution in [-0.2, 0) is 9.53 Å². The molecule has 7 nitrogen and oxygen atoms in total. The summed E-state index contributed by atoms with van der Waals surface area (Å²) in [7, 11) is 0. The van der Waals surface area contributed by atoms with Gasteiger partial charge in [-0.25, -0.2) is 9.79 Å². The standard InChI is InChI=1S/C30H24N2O5S/c1-3-35-29(34)25-26(19-10-6-4-7-11-19)31-30-32(27(25)20-12-8-5-9-13-20)28(33)24(38-30)16-21-15-23-22(14-18(21)2)36-17-37-23/h4-16,27H,3,17H2,1-2H3/t27-/m1/s1. The van der Waals surface area contributed by atoms with Gasteiger partial charge >= 0.3 is 5.97 Å². The summed E-state index contributed by atoms with van der Waals surface area (Å²) in [5.74, 6) is 0.842. The molecule has 0 N–H and O–H groups in total. The van der Waals surface area contributed by atoms with Crippen molar-refractivity contribution in [3.05, 3.63) is 120 Å². The SMILES string of the molecule is CCOC(=O)C1=C(c2ccccc2)N=c2sc(=Cc3cc4c(cc3C)OCO4)c(=O)n2[C@@H]1c1ccccc1. The van der Waals surface area contributed by atoms with Crippen molar-refractivity contribution in [2.75, 3.05) is 13.4 Å². The van der Waals surface area contributed by atoms with Gasteiger partial charge < -0.3 is 14.2 Å². The molecule has 0 unspecified atom stereocenters. The number of hydrogen-bond donors (Lipinski definition) is 0. The zero-order valence-electron chi connectivity index (χ0n) is 20.8. The number of esters is 1. The second kappa shape index (κ2) is 9.79. The molecule has 190 valence electrons. The Balaban J connectivity index is 1.62. The number of rotatable bonds is 5. The van der Waals surface area contributed by atoms with Gasteiger partial charge in [-0.05, 0) is 48.7 Å². The molecule has 0 fully saturated rings. The van der Waals surface area contributed by atoms with Crippen LogP contribution < -0.4 is 24.4 Å². The maximum Gasteiger partial charge on any atom is 0.338 e. The average Bonchev–Trinajstić information content (AvgIpc) is 3.52. The molecule has 2 aliphatic rings. The molecule has 2 aliphatic heterocycles. The van der Waals surface area contributed by atoms with Crippen LogP contribution in [0.1, 0.15) is 35.2 Å². The summed E-state index contributed by atoms with van der Waals surface area (Å²) in [6, 6.07) is 22.1. The van der Waals surface area contributed by atoms with Gasteiger partial charge in [0.05, 0.1) is 28.5 Å². The molecule has 3 aromatic carbocycles. The lowest BCUT2D eigenvalue weighted by Crippen LogP contribution is -2.40. The molecule has 0 spiro atoms. The van der Waals surface area contributed by atoms with Crippen molar-refractivity contribution in [3.63, 3.8) is 0 Å². The number of benzene rings is 3. The van der Waals surface area contributed by atoms with Crippen molar-refractivity contribution in [1.82, 2.24) is 4.57 Å². The summed E-state index contributed by atoms with van der Waals surface area (Å²) in [5.41, 5.74) is 3.99. The van der Waals surface area contributed by atoms with Crippen LogP contribution in [-0.4, -0.2) is 23.9 Å². The minimum atomic E-state index is -0.693. The highest BCUT2D eigenvalue weighted by Crippen LogP contribution is 2.36. The van der Waals surface area contributed by atoms with Gasteiger partial charge in [0.2, 0.25) is 6.79 Å². The summed E-state index contributed by atoms with van der Waals surface area (Å²) in [4.78, 5) is 32.8. The second-order valence-electron chi connectivity index (χ2n) is 8.90. The lowest BCUT2D eigenvalue weighted by atomic mass is 9.93. The normalized spacial score (nSPS) is 16.3. The summed E-state index contributed by atoms with van der Waals surface area (Å²) in [6.07, 6.45) is 1.85. The Morgan fingerprint density at radius 3 is 2.47 bits per heavy atom. The number of aryl methyl sites for hydroxylation is 1. The van der Waals surface area contributed by atoms with Crippen LogP contribution in [0, 0.1) is 6.92 Å². The fourth-order valence-electron chi connectivity index (χ4n) is 4.75. The zero-order chi connectivity index (χ0) is 26.2. The highest BCUT2D eigenvalue weighted by atomic mass is 32.1. The van der Waals surface area contributed by atoms with Gasteiger partial charge in [-0.15, -0.1) is 0 Å². The Kier molecular flexibility index (Phi) is 6.17. The van der Waals surface area contributed by atoms with Gasteiger partial charge in [0.25, 0.3) is 5.56 Å². The minimum absolute atomic E-state index is 0.177. The van der Waals surface area contributed by atoms with Crippen molar-refractivity contribution >= 4 is 29.1 Å². The molecule has 3 heterocycles. The molecular formula is C30H24N2O5S.